The number of nitrogens with zero attached hydrogens (tertiary/aromatic N) is 1. The summed E-state index contributed by atoms with van der Waals surface area (Å²) in [6, 6.07) is 11.0. The maximum absolute atomic E-state index is 13.9. The number of ether oxygens (including phenoxy) is 2. The molecule has 0 saturated carbocycles. The van der Waals surface area contributed by atoms with Gasteiger partial charge in [0.2, 0.25) is 0 Å². The van der Waals surface area contributed by atoms with Gasteiger partial charge in [-0.2, -0.15) is 0 Å². The molecule has 0 spiro atoms. The van der Waals surface area contributed by atoms with Crippen LogP contribution in [0.2, 0.25) is 0 Å². The molecule has 2 aromatic carbocycles. The molecule has 0 bridgehead atoms. The third-order valence-electron chi connectivity index (χ3n) is 6.78. The normalized spacial score (nSPS) is 19.8. The van der Waals surface area contributed by atoms with Crippen molar-refractivity contribution in [3.8, 4) is 11.5 Å². The van der Waals surface area contributed by atoms with Crippen LogP contribution < -0.4 is 10.1 Å². The van der Waals surface area contributed by atoms with Crippen molar-refractivity contribution in [1.82, 2.24) is 10.2 Å². The van der Waals surface area contributed by atoms with Gasteiger partial charge in [0.15, 0.2) is 17.0 Å². The number of hydrogen-bond acceptors (Lipinski definition) is 7. The highest BCUT2D eigenvalue weighted by molar-refractivity contribution is 8.05. The first-order valence-electron chi connectivity index (χ1n) is 13.2. The van der Waals surface area contributed by atoms with Crippen LogP contribution in [-0.2, 0) is 20.7 Å². The van der Waals surface area contributed by atoms with Crippen LogP contribution in [0.25, 0.3) is 6.08 Å². The van der Waals surface area contributed by atoms with E-state index in [2.05, 4.69) is 25.7 Å². The maximum Gasteiger partial charge on any atom is 0.338 e. The summed E-state index contributed by atoms with van der Waals surface area (Å²) in [4.78, 5) is 29.3. The van der Waals surface area contributed by atoms with Gasteiger partial charge in [-0.3, -0.25) is 9.69 Å². The maximum atomic E-state index is 13.9. The highest BCUT2D eigenvalue weighted by Crippen LogP contribution is 2.47. The number of esters is 1. The van der Waals surface area contributed by atoms with Crippen LogP contribution in [0.4, 0.5) is 0 Å². The summed E-state index contributed by atoms with van der Waals surface area (Å²) in [6.45, 7) is 14.1. The van der Waals surface area contributed by atoms with Crippen LogP contribution in [0.15, 0.2) is 65.2 Å². The fourth-order valence-electron chi connectivity index (χ4n) is 4.88. The minimum Gasteiger partial charge on any atom is -0.504 e. The van der Waals surface area contributed by atoms with Gasteiger partial charge in [0.1, 0.15) is 0 Å². The molecule has 2 atom stereocenters. The molecule has 2 heterocycles. The van der Waals surface area contributed by atoms with Gasteiger partial charge < -0.3 is 19.9 Å². The number of hydrogen-bond donors (Lipinski definition) is 2. The number of nitrogens with one attached hydrogen (secondary N) is 1. The predicted molar refractivity (Wildman–Crippen MR) is 155 cm³/mol. The van der Waals surface area contributed by atoms with E-state index in [0.717, 1.165) is 11.1 Å². The Balaban J connectivity index is 1.77. The number of amides is 1. The second-order valence-corrected chi connectivity index (χ2v) is 10.9. The molecule has 2 aliphatic rings. The fraction of sp³-hybridized carbons (Fsp3) is 0.355. The highest BCUT2D eigenvalue weighted by atomic mass is 32.2. The van der Waals surface area contributed by atoms with Crippen molar-refractivity contribution in [1.29, 1.82) is 0 Å². The molecule has 1 saturated heterocycles. The van der Waals surface area contributed by atoms with Crippen molar-refractivity contribution in [2.45, 2.75) is 58.5 Å². The second kappa shape index (κ2) is 12.0. The average Bonchev–Trinajstić information content (AvgIpc) is 3.20. The number of phenolic OH excluding ortho intramolecular Hbond substituents is 1. The molecular formula is C31H36N2O5S. The predicted octanol–water partition coefficient (Wildman–Crippen LogP) is 6.02. The third kappa shape index (κ3) is 5.71. The minimum absolute atomic E-state index is 0.0761. The lowest BCUT2D eigenvalue weighted by atomic mass is 9.91. The molecule has 2 aliphatic heterocycles. The molecule has 39 heavy (non-hydrogen) atoms. The first-order valence-corrected chi connectivity index (χ1v) is 14.1. The number of benzene rings is 2. The molecule has 2 aromatic rings. The van der Waals surface area contributed by atoms with E-state index < -0.39 is 17.5 Å². The van der Waals surface area contributed by atoms with E-state index in [-0.39, 0.29) is 18.3 Å². The van der Waals surface area contributed by atoms with Crippen LogP contribution in [-0.4, -0.2) is 40.6 Å². The SMILES string of the molecule is C=CCc1cc(/C=C2\S[C@@H]3NC(C)=C(C(=O)OCC)[C@@H](c4ccc(C(C)C)cc4)N3C2=O)cc(OCC)c1O. The number of phenols is 1. The summed E-state index contributed by atoms with van der Waals surface area (Å²) in [5.74, 6) is 0.162. The molecular weight excluding hydrogens is 512 g/mol. The average molecular weight is 549 g/mol. The zero-order chi connectivity index (χ0) is 28.3. The molecule has 2 N–H and O–H groups in total. The Morgan fingerprint density at radius 1 is 1.21 bits per heavy atom. The van der Waals surface area contributed by atoms with Crippen molar-refractivity contribution in [2.75, 3.05) is 13.2 Å². The molecule has 1 amide bonds. The summed E-state index contributed by atoms with van der Waals surface area (Å²) >= 11 is 1.39. The van der Waals surface area contributed by atoms with E-state index in [0.29, 0.717) is 46.4 Å². The Kier molecular flexibility index (Phi) is 8.75. The van der Waals surface area contributed by atoms with Crippen molar-refractivity contribution in [3.05, 3.63) is 87.5 Å². The number of fused-ring (bicyclic) bond motifs is 1. The Hall–Kier alpha value is -3.65. The Bertz CT molecular complexity index is 1330. The number of allylic oxidation sites excluding steroid dienone is 2. The minimum atomic E-state index is -0.599. The summed E-state index contributed by atoms with van der Waals surface area (Å²) in [6.07, 6.45) is 3.97. The largest absolute Gasteiger partial charge is 0.504 e. The summed E-state index contributed by atoms with van der Waals surface area (Å²) in [5.41, 5.74) is 4.14. The lowest BCUT2D eigenvalue weighted by molar-refractivity contribution is -0.140. The number of thioether (sulfide) groups is 1. The van der Waals surface area contributed by atoms with Gasteiger partial charge in [-0.1, -0.05) is 56.0 Å². The molecule has 4 rings (SSSR count). The van der Waals surface area contributed by atoms with E-state index in [9.17, 15) is 14.7 Å². The first-order chi connectivity index (χ1) is 18.7. The molecule has 1 fully saturated rings. The zero-order valence-corrected chi connectivity index (χ0v) is 23.9. The van der Waals surface area contributed by atoms with Gasteiger partial charge in [0.05, 0.1) is 29.7 Å². The molecule has 0 radical (unpaired) electrons. The molecule has 8 heteroatoms. The number of carbonyl (C=O) groups excluding carboxylic acids is 2. The van der Waals surface area contributed by atoms with Crippen molar-refractivity contribution in [2.24, 2.45) is 0 Å². The van der Waals surface area contributed by atoms with Crippen LogP contribution in [0.5, 0.6) is 11.5 Å². The highest BCUT2D eigenvalue weighted by Gasteiger charge is 2.47. The monoisotopic (exact) mass is 548 g/mol. The number of rotatable bonds is 9. The van der Waals surface area contributed by atoms with Gasteiger partial charge >= 0.3 is 5.97 Å². The standard InChI is InChI=1S/C31H36N2O5S/c1-7-10-23-15-20(16-24(28(23)34)37-8-2)17-25-29(35)33-27(22-13-11-21(12-14-22)18(4)5)26(30(36)38-9-3)19(6)32-31(33)39-25/h7,11-18,27,31-32,34H,1,8-10H2,2-6H3/b25-17-/t27-,31-/m1/s1. The lowest BCUT2D eigenvalue weighted by Gasteiger charge is -2.39. The fourth-order valence-corrected chi connectivity index (χ4v) is 6.10. The van der Waals surface area contributed by atoms with Crippen molar-refractivity contribution in [3.63, 3.8) is 0 Å². The molecule has 7 nitrogen and oxygen atoms in total. The van der Waals surface area contributed by atoms with Crippen LogP contribution in [0.1, 0.15) is 68.8 Å². The molecule has 0 aliphatic carbocycles. The summed E-state index contributed by atoms with van der Waals surface area (Å²) < 4.78 is 11.1. The Morgan fingerprint density at radius 2 is 1.92 bits per heavy atom. The van der Waals surface area contributed by atoms with E-state index in [1.165, 1.54) is 17.3 Å². The Labute approximate surface area is 234 Å². The molecule has 0 unspecified atom stereocenters. The third-order valence-corrected chi connectivity index (χ3v) is 7.90. The van der Waals surface area contributed by atoms with Gasteiger partial charge in [0, 0.05) is 11.3 Å². The van der Waals surface area contributed by atoms with E-state index >= 15 is 0 Å². The molecule has 0 aromatic heterocycles. The van der Waals surface area contributed by atoms with Crippen LogP contribution in [0.3, 0.4) is 0 Å². The van der Waals surface area contributed by atoms with Crippen LogP contribution >= 0.6 is 11.8 Å². The quantitative estimate of drug-likeness (QED) is 0.225. The van der Waals surface area contributed by atoms with E-state index in [4.69, 9.17) is 9.47 Å². The van der Waals surface area contributed by atoms with Gasteiger partial charge in [-0.25, -0.2) is 4.79 Å². The molecule has 206 valence electrons. The van der Waals surface area contributed by atoms with E-state index in [1.807, 2.05) is 44.2 Å². The van der Waals surface area contributed by atoms with E-state index in [1.54, 1.807) is 30.0 Å². The number of aromatic hydroxyl groups is 1. The summed E-state index contributed by atoms with van der Waals surface area (Å²) in [5, 5.41) is 13.9. The lowest BCUT2D eigenvalue weighted by Crippen LogP contribution is -2.49. The smallest absolute Gasteiger partial charge is 0.338 e. The first kappa shape index (κ1) is 28.4. The summed E-state index contributed by atoms with van der Waals surface area (Å²) in [7, 11) is 0. The van der Waals surface area contributed by atoms with Gasteiger partial charge in [0.25, 0.3) is 5.91 Å². The topological polar surface area (TPSA) is 88.1 Å². The Morgan fingerprint density at radius 3 is 2.54 bits per heavy atom. The van der Waals surface area contributed by atoms with Crippen LogP contribution in [0, 0.1) is 0 Å². The van der Waals surface area contributed by atoms with Crippen molar-refractivity contribution >= 4 is 29.7 Å². The number of carbonyl (C=O) groups is 2. The second-order valence-electron chi connectivity index (χ2n) is 9.77. The van der Waals surface area contributed by atoms with Crippen molar-refractivity contribution < 1.29 is 24.2 Å². The van der Waals surface area contributed by atoms with Gasteiger partial charge in [-0.15, -0.1) is 6.58 Å². The zero-order valence-electron chi connectivity index (χ0n) is 23.1. The van der Waals surface area contributed by atoms with Gasteiger partial charge in [-0.05, 0) is 68.0 Å².